The van der Waals surface area contributed by atoms with Gasteiger partial charge in [0.2, 0.25) is 5.91 Å². The van der Waals surface area contributed by atoms with Crippen LogP contribution in [-0.2, 0) is 4.79 Å². The first-order chi connectivity index (χ1) is 12.5. The molecule has 2 aromatic rings. The Bertz CT molecular complexity index is 891. The first-order valence-corrected chi connectivity index (χ1v) is 9.15. The average Bonchev–Trinajstić information content (AvgIpc) is 2.97. The van der Waals surface area contributed by atoms with Crippen LogP contribution in [0.3, 0.4) is 0 Å². The van der Waals surface area contributed by atoms with E-state index in [0.29, 0.717) is 10.7 Å². The van der Waals surface area contributed by atoms with E-state index >= 15 is 0 Å². The number of hydrogen-bond acceptors (Lipinski definition) is 5. The first kappa shape index (κ1) is 18.1. The summed E-state index contributed by atoms with van der Waals surface area (Å²) in [4.78, 5) is 24.7. The molecule has 1 unspecified atom stereocenters. The fourth-order valence-corrected chi connectivity index (χ4v) is 3.51. The maximum Gasteiger partial charge on any atom is 0.240 e. The van der Waals surface area contributed by atoms with Crippen LogP contribution in [0.4, 0.5) is 0 Å². The Hall–Kier alpha value is -2.73. The second kappa shape index (κ2) is 8.10. The molecule has 26 heavy (non-hydrogen) atoms. The number of Topliss-reactive ketones (excluding diaryl/α,β-unsaturated/α-hetero) is 1. The highest BCUT2D eigenvalue weighted by Crippen LogP contribution is 2.25. The van der Waals surface area contributed by atoms with Crippen LogP contribution >= 0.6 is 11.8 Å². The summed E-state index contributed by atoms with van der Waals surface area (Å²) in [5, 5.41) is 10.7. The van der Waals surface area contributed by atoms with Gasteiger partial charge >= 0.3 is 0 Å². The van der Waals surface area contributed by atoms with Crippen molar-refractivity contribution in [3.63, 3.8) is 0 Å². The Labute approximate surface area is 156 Å². The monoisotopic (exact) mass is 365 g/mol. The third-order valence-corrected chi connectivity index (χ3v) is 5.07. The third-order valence-electron chi connectivity index (χ3n) is 4.00. The number of amidine groups is 1. The Morgan fingerprint density at radius 2 is 1.96 bits per heavy atom. The van der Waals surface area contributed by atoms with Crippen molar-refractivity contribution in [3.8, 4) is 0 Å². The standard InChI is InChI=1S/C20H19N3O2S/c1-13-8-9-14(2)16(10-13)17(24)11-18-19(25)22-20(26-18)23-21-12-15-6-4-3-5-7-15/h3-10,12,18H,11H2,1-2H3,(H,22,23,25)/b21-12+. The quantitative estimate of drug-likeness (QED) is 0.501. The molecule has 0 aliphatic carbocycles. The van der Waals surface area contributed by atoms with Crippen LogP contribution in [0.2, 0.25) is 0 Å². The van der Waals surface area contributed by atoms with Gasteiger partial charge in [0.1, 0.15) is 0 Å². The zero-order chi connectivity index (χ0) is 18.5. The molecule has 1 atom stereocenters. The van der Waals surface area contributed by atoms with Gasteiger partial charge in [0, 0.05) is 12.0 Å². The molecule has 1 heterocycles. The molecular formula is C20H19N3O2S. The summed E-state index contributed by atoms with van der Waals surface area (Å²) in [5.41, 5.74) is 3.55. The molecule has 1 saturated heterocycles. The minimum absolute atomic E-state index is 0.0344. The number of aryl methyl sites for hydroxylation is 2. The predicted molar refractivity (Wildman–Crippen MR) is 106 cm³/mol. The SMILES string of the molecule is Cc1ccc(C)c(C(=O)CC2S/C(=N\N=C\c3ccccc3)NC2=O)c1. The molecule has 3 rings (SSSR count). The number of carbonyl (C=O) groups excluding carboxylic acids is 2. The lowest BCUT2D eigenvalue weighted by molar-refractivity contribution is -0.118. The normalized spacial score (nSPS) is 18.5. The van der Waals surface area contributed by atoms with E-state index in [1.165, 1.54) is 11.8 Å². The van der Waals surface area contributed by atoms with Gasteiger partial charge in [-0.1, -0.05) is 59.8 Å². The van der Waals surface area contributed by atoms with Crippen LogP contribution in [0.25, 0.3) is 0 Å². The smallest absolute Gasteiger partial charge is 0.240 e. The van der Waals surface area contributed by atoms with Gasteiger partial charge in [0.05, 0.1) is 11.5 Å². The second-order valence-corrected chi connectivity index (χ2v) is 7.29. The summed E-state index contributed by atoms with van der Waals surface area (Å²) in [6, 6.07) is 15.3. The topological polar surface area (TPSA) is 70.9 Å². The lowest BCUT2D eigenvalue weighted by atomic mass is 9.99. The number of amides is 1. The zero-order valence-electron chi connectivity index (χ0n) is 14.6. The molecule has 0 bridgehead atoms. The van der Waals surface area contributed by atoms with Crippen molar-refractivity contribution in [3.05, 3.63) is 70.8 Å². The number of thioether (sulfide) groups is 1. The summed E-state index contributed by atoms with van der Waals surface area (Å²) in [6.45, 7) is 3.85. The highest BCUT2D eigenvalue weighted by Gasteiger charge is 2.32. The Kier molecular flexibility index (Phi) is 5.63. The molecule has 1 fully saturated rings. The van der Waals surface area contributed by atoms with Crippen LogP contribution in [0.5, 0.6) is 0 Å². The van der Waals surface area contributed by atoms with Crippen LogP contribution in [0.15, 0.2) is 58.7 Å². The van der Waals surface area contributed by atoms with Crippen LogP contribution in [0.1, 0.15) is 33.5 Å². The van der Waals surface area contributed by atoms with Crippen LogP contribution in [-0.4, -0.2) is 28.3 Å². The van der Waals surface area contributed by atoms with E-state index in [4.69, 9.17) is 0 Å². The number of hydrogen-bond donors (Lipinski definition) is 1. The second-order valence-electron chi connectivity index (χ2n) is 6.10. The van der Waals surface area contributed by atoms with E-state index in [1.54, 1.807) is 6.21 Å². The van der Waals surface area contributed by atoms with Crippen molar-refractivity contribution in [2.45, 2.75) is 25.5 Å². The summed E-state index contributed by atoms with van der Waals surface area (Å²) >= 11 is 1.24. The van der Waals surface area contributed by atoms with Gasteiger partial charge in [0.25, 0.3) is 0 Å². The van der Waals surface area contributed by atoms with Gasteiger partial charge in [-0.2, -0.15) is 5.10 Å². The molecule has 1 aliphatic heterocycles. The maximum absolute atomic E-state index is 12.6. The van der Waals surface area contributed by atoms with Crippen molar-refractivity contribution in [2.75, 3.05) is 0 Å². The molecule has 6 heteroatoms. The van der Waals surface area contributed by atoms with Gasteiger partial charge in [-0.15, -0.1) is 5.10 Å². The first-order valence-electron chi connectivity index (χ1n) is 8.27. The van der Waals surface area contributed by atoms with Gasteiger partial charge < -0.3 is 5.32 Å². The van der Waals surface area contributed by atoms with Gasteiger partial charge in [-0.05, 0) is 31.0 Å². The third kappa shape index (κ3) is 4.46. The van der Waals surface area contributed by atoms with Crippen molar-refractivity contribution in [2.24, 2.45) is 10.2 Å². The van der Waals surface area contributed by atoms with Crippen LogP contribution < -0.4 is 5.32 Å². The minimum Gasteiger partial charge on any atom is -0.303 e. The summed E-state index contributed by atoms with van der Waals surface area (Å²) in [6.07, 6.45) is 1.76. The van der Waals surface area contributed by atoms with Crippen molar-refractivity contribution in [1.82, 2.24) is 5.32 Å². The molecular weight excluding hydrogens is 346 g/mol. The molecule has 2 aromatic carbocycles. The fraction of sp³-hybridized carbons (Fsp3) is 0.200. The van der Waals surface area contributed by atoms with Crippen molar-refractivity contribution < 1.29 is 9.59 Å². The van der Waals surface area contributed by atoms with Crippen molar-refractivity contribution >= 4 is 34.8 Å². The summed E-state index contributed by atoms with van der Waals surface area (Å²) in [5.74, 6) is -0.241. The molecule has 1 amide bonds. The largest absolute Gasteiger partial charge is 0.303 e. The van der Waals surface area contributed by atoms with E-state index in [1.807, 2.05) is 62.4 Å². The summed E-state index contributed by atoms with van der Waals surface area (Å²) < 4.78 is 0. The number of nitrogens with zero attached hydrogens (tertiary/aromatic N) is 2. The fourth-order valence-electron chi connectivity index (χ4n) is 2.59. The predicted octanol–water partition coefficient (Wildman–Crippen LogP) is 3.50. The van der Waals surface area contributed by atoms with E-state index in [-0.39, 0.29) is 18.1 Å². The Morgan fingerprint density at radius 3 is 2.73 bits per heavy atom. The minimum atomic E-state index is -0.479. The van der Waals surface area contributed by atoms with E-state index < -0.39 is 5.25 Å². The number of nitrogens with one attached hydrogen (secondary N) is 1. The van der Waals surface area contributed by atoms with Gasteiger partial charge in [-0.25, -0.2) is 0 Å². The zero-order valence-corrected chi connectivity index (χ0v) is 15.4. The average molecular weight is 365 g/mol. The van der Waals surface area contributed by atoms with E-state index in [9.17, 15) is 9.59 Å². The molecule has 0 spiro atoms. The molecule has 0 radical (unpaired) electrons. The van der Waals surface area contributed by atoms with Gasteiger partial charge in [0.15, 0.2) is 11.0 Å². The highest BCUT2D eigenvalue weighted by molar-refractivity contribution is 8.15. The van der Waals surface area contributed by atoms with Crippen LogP contribution in [0, 0.1) is 13.8 Å². The lowest BCUT2D eigenvalue weighted by Gasteiger charge is -2.08. The Balaban J connectivity index is 1.64. The van der Waals surface area contributed by atoms with Crippen molar-refractivity contribution in [1.29, 1.82) is 0 Å². The molecule has 1 aliphatic rings. The van der Waals surface area contributed by atoms with Gasteiger partial charge in [-0.3, -0.25) is 9.59 Å². The number of ketones is 1. The highest BCUT2D eigenvalue weighted by atomic mass is 32.2. The molecule has 132 valence electrons. The maximum atomic E-state index is 12.6. The molecule has 1 N–H and O–H groups in total. The lowest BCUT2D eigenvalue weighted by Crippen LogP contribution is -2.26. The Morgan fingerprint density at radius 1 is 1.19 bits per heavy atom. The molecule has 0 saturated carbocycles. The van der Waals surface area contributed by atoms with E-state index in [2.05, 4.69) is 15.5 Å². The summed E-state index contributed by atoms with van der Waals surface area (Å²) in [7, 11) is 0. The molecule has 0 aromatic heterocycles. The number of carbonyl (C=O) groups is 2. The number of benzene rings is 2. The number of rotatable bonds is 5. The molecule has 5 nitrogen and oxygen atoms in total. The van der Waals surface area contributed by atoms with E-state index in [0.717, 1.165) is 16.7 Å².